The van der Waals surface area contributed by atoms with Crippen molar-refractivity contribution in [2.75, 3.05) is 19.7 Å². The van der Waals surface area contributed by atoms with Crippen LogP contribution < -0.4 is 0 Å². The summed E-state index contributed by atoms with van der Waals surface area (Å²) in [6.45, 7) is 1.83. The normalized spacial score (nSPS) is 12.3. The van der Waals surface area contributed by atoms with E-state index in [1.54, 1.807) is 12.4 Å². The average molecular weight is 265 g/mol. The third-order valence-corrected chi connectivity index (χ3v) is 2.54. The van der Waals surface area contributed by atoms with E-state index < -0.39 is 12.7 Å². The molecule has 0 atom stereocenters. The van der Waals surface area contributed by atoms with E-state index >= 15 is 0 Å². The maximum atomic E-state index is 12.4. The van der Waals surface area contributed by atoms with Gasteiger partial charge in [-0.25, -0.2) is 4.98 Å². The summed E-state index contributed by atoms with van der Waals surface area (Å²) in [5.41, 5.74) is 0. The minimum absolute atomic E-state index is 0.115. The first-order valence-corrected chi connectivity index (χ1v) is 5.86. The summed E-state index contributed by atoms with van der Waals surface area (Å²) in [5.74, 6) is 0.611. The smallest absolute Gasteiger partial charge is 0.396 e. The van der Waals surface area contributed by atoms with Gasteiger partial charge in [-0.3, -0.25) is 4.90 Å². The van der Waals surface area contributed by atoms with E-state index in [1.165, 1.54) is 4.90 Å². The van der Waals surface area contributed by atoms with Crippen LogP contribution >= 0.6 is 0 Å². The van der Waals surface area contributed by atoms with Crippen LogP contribution in [0.25, 0.3) is 0 Å². The number of hydrogen-bond donors (Lipinski definition) is 1. The van der Waals surface area contributed by atoms with Crippen LogP contribution in [0.3, 0.4) is 0 Å². The van der Waals surface area contributed by atoms with Crippen LogP contribution in [-0.4, -0.2) is 45.4 Å². The van der Waals surface area contributed by atoms with E-state index in [2.05, 4.69) is 4.98 Å². The average Bonchev–Trinajstić information content (AvgIpc) is 2.71. The van der Waals surface area contributed by atoms with E-state index in [-0.39, 0.29) is 19.7 Å². The highest BCUT2D eigenvalue weighted by atomic mass is 19.4. The molecular weight excluding hydrogens is 247 g/mol. The maximum Gasteiger partial charge on any atom is 0.401 e. The molecule has 1 aromatic heterocycles. The van der Waals surface area contributed by atoms with Gasteiger partial charge < -0.3 is 9.67 Å². The van der Waals surface area contributed by atoms with Crippen molar-refractivity contribution in [2.45, 2.75) is 32.6 Å². The van der Waals surface area contributed by atoms with Crippen LogP contribution in [0.15, 0.2) is 12.4 Å². The second kappa shape index (κ2) is 6.75. The number of alkyl halides is 3. The lowest BCUT2D eigenvalue weighted by Crippen LogP contribution is -2.35. The molecule has 0 aliphatic heterocycles. The van der Waals surface area contributed by atoms with Gasteiger partial charge in [0.05, 0.1) is 13.1 Å². The summed E-state index contributed by atoms with van der Waals surface area (Å²) in [4.78, 5) is 5.31. The third kappa shape index (κ3) is 5.05. The summed E-state index contributed by atoms with van der Waals surface area (Å²) in [5, 5.41) is 8.71. The standard InChI is InChI=1S/C11H18F3N3O/c1-2-17-6-4-15-10(17)8-16(5-3-7-18)9-11(12,13)14/h4,6,18H,2-3,5,7-9H2,1H3. The highest BCUT2D eigenvalue weighted by Gasteiger charge is 2.30. The summed E-state index contributed by atoms with van der Waals surface area (Å²) < 4.78 is 39.0. The molecule has 4 nitrogen and oxygen atoms in total. The Morgan fingerprint density at radius 1 is 1.44 bits per heavy atom. The van der Waals surface area contributed by atoms with Crippen molar-refractivity contribution >= 4 is 0 Å². The molecule has 0 radical (unpaired) electrons. The molecule has 0 unspecified atom stereocenters. The zero-order valence-corrected chi connectivity index (χ0v) is 10.3. The predicted octanol–water partition coefficient (Wildman–Crippen LogP) is 1.65. The largest absolute Gasteiger partial charge is 0.401 e. The Morgan fingerprint density at radius 3 is 2.72 bits per heavy atom. The molecule has 0 bridgehead atoms. The molecule has 0 saturated heterocycles. The van der Waals surface area contributed by atoms with Crippen LogP contribution in [0, 0.1) is 0 Å². The quantitative estimate of drug-likeness (QED) is 0.815. The molecule has 0 fully saturated rings. The molecule has 1 N–H and O–H groups in total. The Kier molecular flexibility index (Phi) is 5.61. The van der Waals surface area contributed by atoms with Crippen molar-refractivity contribution in [1.82, 2.24) is 14.5 Å². The van der Waals surface area contributed by atoms with Crippen LogP contribution in [0.1, 0.15) is 19.2 Å². The molecule has 0 aliphatic rings. The lowest BCUT2D eigenvalue weighted by Gasteiger charge is -2.23. The molecule has 1 aromatic rings. The van der Waals surface area contributed by atoms with Crippen LogP contribution in [0.2, 0.25) is 0 Å². The van der Waals surface area contributed by atoms with Gasteiger partial charge in [0.1, 0.15) is 5.82 Å². The van der Waals surface area contributed by atoms with E-state index in [4.69, 9.17) is 5.11 Å². The minimum atomic E-state index is -4.24. The molecule has 0 spiro atoms. The molecule has 0 amide bonds. The van der Waals surface area contributed by atoms with E-state index in [9.17, 15) is 13.2 Å². The number of hydrogen-bond acceptors (Lipinski definition) is 3. The summed E-state index contributed by atoms with van der Waals surface area (Å²) in [6.07, 6.45) is -0.591. The molecule has 7 heteroatoms. The zero-order chi connectivity index (χ0) is 13.6. The first-order valence-electron chi connectivity index (χ1n) is 5.86. The van der Waals surface area contributed by atoms with Crippen molar-refractivity contribution in [3.05, 3.63) is 18.2 Å². The third-order valence-electron chi connectivity index (χ3n) is 2.54. The molecular formula is C11H18F3N3O. The van der Waals surface area contributed by atoms with E-state index in [0.717, 1.165) is 0 Å². The fourth-order valence-electron chi connectivity index (χ4n) is 1.74. The summed E-state index contributed by atoms with van der Waals surface area (Å²) >= 11 is 0. The molecule has 18 heavy (non-hydrogen) atoms. The Balaban J connectivity index is 2.65. The molecule has 0 saturated carbocycles. The van der Waals surface area contributed by atoms with Crippen molar-refractivity contribution in [3.63, 3.8) is 0 Å². The Labute approximate surface area is 104 Å². The SMILES string of the molecule is CCn1ccnc1CN(CCCO)CC(F)(F)F. The Morgan fingerprint density at radius 2 is 2.17 bits per heavy atom. The molecule has 0 aliphatic carbocycles. The highest BCUT2D eigenvalue weighted by molar-refractivity contribution is 4.92. The highest BCUT2D eigenvalue weighted by Crippen LogP contribution is 2.18. The number of aliphatic hydroxyl groups excluding tert-OH is 1. The zero-order valence-electron chi connectivity index (χ0n) is 10.3. The van der Waals surface area contributed by atoms with Gasteiger partial charge in [-0.15, -0.1) is 0 Å². The van der Waals surface area contributed by atoms with Crippen LogP contribution in [-0.2, 0) is 13.1 Å². The Bertz CT molecular complexity index is 352. The number of nitrogens with zero attached hydrogens (tertiary/aromatic N) is 3. The monoisotopic (exact) mass is 265 g/mol. The fraction of sp³-hybridized carbons (Fsp3) is 0.727. The van der Waals surface area contributed by atoms with Gasteiger partial charge in [0, 0.05) is 32.1 Å². The molecule has 1 rings (SSSR count). The van der Waals surface area contributed by atoms with Crippen molar-refractivity contribution in [1.29, 1.82) is 0 Å². The summed E-state index contributed by atoms with van der Waals surface area (Å²) in [7, 11) is 0. The topological polar surface area (TPSA) is 41.3 Å². The van der Waals surface area contributed by atoms with Gasteiger partial charge in [-0.1, -0.05) is 0 Å². The number of aromatic nitrogens is 2. The van der Waals surface area contributed by atoms with Crippen molar-refractivity contribution in [2.24, 2.45) is 0 Å². The molecule has 104 valence electrons. The predicted molar refractivity (Wildman–Crippen MR) is 60.9 cm³/mol. The number of aryl methyl sites for hydroxylation is 1. The number of halogens is 3. The Hall–Kier alpha value is -1.08. The lowest BCUT2D eigenvalue weighted by molar-refractivity contribution is -0.147. The van der Waals surface area contributed by atoms with Crippen molar-refractivity contribution < 1.29 is 18.3 Å². The van der Waals surface area contributed by atoms with Gasteiger partial charge in [-0.05, 0) is 13.3 Å². The molecule has 1 heterocycles. The number of rotatable bonds is 7. The van der Waals surface area contributed by atoms with E-state index in [1.807, 2.05) is 11.5 Å². The van der Waals surface area contributed by atoms with Gasteiger partial charge in [0.15, 0.2) is 0 Å². The minimum Gasteiger partial charge on any atom is -0.396 e. The number of imidazole rings is 1. The second-order valence-corrected chi connectivity index (χ2v) is 4.03. The fourth-order valence-corrected chi connectivity index (χ4v) is 1.74. The first-order chi connectivity index (χ1) is 8.46. The second-order valence-electron chi connectivity index (χ2n) is 4.03. The van der Waals surface area contributed by atoms with Gasteiger partial charge in [0.25, 0.3) is 0 Å². The van der Waals surface area contributed by atoms with E-state index in [0.29, 0.717) is 18.8 Å². The van der Waals surface area contributed by atoms with Gasteiger partial charge in [0.2, 0.25) is 0 Å². The molecule has 0 aromatic carbocycles. The van der Waals surface area contributed by atoms with Crippen molar-refractivity contribution in [3.8, 4) is 0 Å². The van der Waals surface area contributed by atoms with Gasteiger partial charge in [-0.2, -0.15) is 13.2 Å². The van der Waals surface area contributed by atoms with Crippen LogP contribution in [0.4, 0.5) is 13.2 Å². The van der Waals surface area contributed by atoms with Gasteiger partial charge >= 0.3 is 6.18 Å². The number of aliphatic hydroxyl groups is 1. The summed E-state index contributed by atoms with van der Waals surface area (Å²) in [6, 6.07) is 0. The lowest BCUT2D eigenvalue weighted by atomic mass is 10.3. The van der Waals surface area contributed by atoms with Crippen LogP contribution in [0.5, 0.6) is 0 Å². The maximum absolute atomic E-state index is 12.4. The first kappa shape index (κ1) is 15.0.